The predicted molar refractivity (Wildman–Crippen MR) is 98.3 cm³/mol. The Balaban J connectivity index is 0. The highest BCUT2D eigenvalue weighted by Crippen LogP contribution is 2.21. The molecule has 7 nitrogen and oxygen atoms in total. The molecular formula is C19H34O7. The number of hydrogen-bond acceptors (Lipinski definition) is 7. The lowest BCUT2D eigenvalue weighted by atomic mass is 9.91. The van der Waals surface area contributed by atoms with Gasteiger partial charge in [0.1, 0.15) is 19.3 Å². The van der Waals surface area contributed by atoms with Crippen molar-refractivity contribution in [3.8, 4) is 0 Å². The molecule has 1 atom stereocenters. The van der Waals surface area contributed by atoms with E-state index in [1.165, 1.54) is 7.11 Å². The molecule has 1 N–H and O–H groups in total. The summed E-state index contributed by atoms with van der Waals surface area (Å²) in [7, 11) is 1.42. The maximum atomic E-state index is 11.5. The van der Waals surface area contributed by atoms with Crippen molar-refractivity contribution < 1.29 is 33.7 Å². The zero-order valence-electron chi connectivity index (χ0n) is 17.1. The summed E-state index contributed by atoms with van der Waals surface area (Å²) in [5.74, 6) is -1.14. The average molecular weight is 374 g/mol. The van der Waals surface area contributed by atoms with E-state index < -0.39 is 17.5 Å². The molecule has 0 aliphatic heterocycles. The van der Waals surface area contributed by atoms with Crippen LogP contribution in [-0.4, -0.2) is 49.4 Å². The molecule has 0 aliphatic carbocycles. The number of aliphatic hydroxyl groups is 1. The Morgan fingerprint density at radius 1 is 0.962 bits per heavy atom. The number of ether oxygens (including phenoxy) is 3. The van der Waals surface area contributed by atoms with Crippen molar-refractivity contribution >= 4 is 17.9 Å². The monoisotopic (exact) mass is 374 g/mol. The van der Waals surface area contributed by atoms with E-state index in [1.807, 2.05) is 27.7 Å². The molecule has 0 spiro atoms. The molecule has 0 radical (unpaired) electrons. The fourth-order valence-electron chi connectivity index (χ4n) is 1.22. The minimum Gasteiger partial charge on any atom is -0.469 e. The van der Waals surface area contributed by atoms with Crippen LogP contribution in [0.25, 0.3) is 0 Å². The molecule has 0 fully saturated rings. The maximum absolute atomic E-state index is 11.5. The molecule has 0 bridgehead atoms. The van der Waals surface area contributed by atoms with Crippen molar-refractivity contribution in [2.75, 3.05) is 20.3 Å². The Bertz CT molecular complexity index is 467. The first kappa shape index (κ1) is 26.3. The highest BCUT2D eigenvalue weighted by atomic mass is 16.6. The van der Waals surface area contributed by atoms with Crippen LogP contribution in [0, 0.1) is 10.8 Å². The molecule has 26 heavy (non-hydrogen) atoms. The maximum Gasteiger partial charge on any atom is 0.330 e. The molecule has 0 saturated heterocycles. The van der Waals surface area contributed by atoms with Crippen LogP contribution < -0.4 is 0 Å². The van der Waals surface area contributed by atoms with Crippen LogP contribution in [0.4, 0.5) is 0 Å². The van der Waals surface area contributed by atoms with Gasteiger partial charge in [-0.1, -0.05) is 20.4 Å². The van der Waals surface area contributed by atoms with Gasteiger partial charge in [-0.2, -0.15) is 0 Å². The standard InChI is InChI=1S/C12H20O5.C7H14O2/c1-5-10(14)16-7-9(13)8-17-11(15)12(3,4)6-2;1-5-7(2,3)6(8)9-4/h5,9,13H,1,6-8H2,2-4H3;5H2,1-4H3. The van der Waals surface area contributed by atoms with Crippen LogP contribution in [0.1, 0.15) is 54.4 Å². The van der Waals surface area contributed by atoms with Crippen LogP contribution in [0.2, 0.25) is 0 Å². The molecular weight excluding hydrogens is 340 g/mol. The van der Waals surface area contributed by atoms with E-state index in [0.29, 0.717) is 6.42 Å². The fourth-order valence-corrected chi connectivity index (χ4v) is 1.22. The van der Waals surface area contributed by atoms with E-state index in [1.54, 1.807) is 13.8 Å². The molecule has 0 rings (SSSR count). The van der Waals surface area contributed by atoms with Gasteiger partial charge < -0.3 is 19.3 Å². The third-order valence-corrected chi connectivity index (χ3v) is 4.05. The number of carbonyl (C=O) groups is 3. The Kier molecular flexibility index (Phi) is 12.6. The Morgan fingerprint density at radius 3 is 1.73 bits per heavy atom. The van der Waals surface area contributed by atoms with Gasteiger partial charge in [0.05, 0.1) is 17.9 Å². The molecule has 1 unspecified atom stereocenters. The number of hydrogen-bond donors (Lipinski definition) is 1. The molecule has 0 aromatic carbocycles. The predicted octanol–water partition coefficient (Wildman–Crippen LogP) is 2.65. The molecule has 7 heteroatoms. The second kappa shape index (κ2) is 12.5. The lowest BCUT2D eigenvalue weighted by molar-refractivity contribution is -0.159. The average Bonchev–Trinajstić information content (AvgIpc) is 2.63. The molecule has 0 aliphatic rings. The summed E-state index contributed by atoms with van der Waals surface area (Å²) in [6.07, 6.45) is 1.45. The van der Waals surface area contributed by atoms with Gasteiger partial charge in [0.25, 0.3) is 0 Å². The summed E-state index contributed by atoms with van der Waals surface area (Å²) in [6, 6.07) is 0. The number of carbonyl (C=O) groups excluding carboxylic acids is 3. The number of methoxy groups -OCH3 is 1. The second-order valence-electron chi connectivity index (χ2n) is 7.05. The molecule has 0 amide bonds. The van der Waals surface area contributed by atoms with Gasteiger partial charge in [0.2, 0.25) is 0 Å². The second-order valence-corrected chi connectivity index (χ2v) is 7.05. The molecule has 0 aromatic rings. The molecule has 152 valence electrons. The minimum absolute atomic E-state index is 0.134. The zero-order valence-corrected chi connectivity index (χ0v) is 17.1. The smallest absolute Gasteiger partial charge is 0.330 e. The first-order chi connectivity index (χ1) is 11.9. The van der Waals surface area contributed by atoms with Crippen LogP contribution in [0.3, 0.4) is 0 Å². The third kappa shape index (κ3) is 10.9. The largest absolute Gasteiger partial charge is 0.469 e. The zero-order chi connectivity index (χ0) is 21.0. The van der Waals surface area contributed by atoms with Gasteiger partial charge in [0.15, 0.2) is 0 Å². The van der Waals surface area contributed by atoms with Gasteiger partial charge in [-0.25, -0.2) is 4.79 Å². The van der Waals surface area contributed by atoms with Crippen molar-refractivity contribution in [3.63, 3.8) is 0 Å². The summed E-state index contributed by atoms with van der Waals surface area (Å²) < 4.78 is 14.1. The van der Waals surface area contributed by atoms with Gasteiger partial charge in [-0.3, -0.25) is 9.59 Å². The van der Waals surface area contributed by atoms with Crippen LogP contribution >= 0.6 is 0 Å². The Morgan fingerprint density at radius 2 is 1.38 bits per heavy atom. The highest BCUT2D eigenvalue weighted by molar-refractivity contribution is 5.81. The van der Waals surface area contributed by atoms with Crippen molar-refractivity contribution in [2.24, 2.45) is 10.8 Å². The number of esters is 3. The van der Waals surface area contributed by atoms with Gasteiger partial charge >= 0.3 is 17.9 Å². The Labute approximate surface area is 156 Å². The van der Waals surface area contributed by atoms with Crippen LogP contribution in [0.15, 0.2) is 12.7 Å². The molecule has 0 saturated carbocycles. The first-order valence-electron chi connectivity index (χ1n) is 8.60. The molecule has 0 heterocycles. The third-order valence-electron chi connectivity index (χ3n) is 4.05. The van der Waals surface area contributed by atoms with Crippen molar-refractivity contribution in [1.82, 2.24) is 0 Å². The van der Waals surface area contributed by atoms with E-state index >= 15 is 0 Å². The van der Waals surface area contributed by atoms with E-state index in [2.05, 4.69) is 16.1 Å². The lowest BCUT2D eigenvalue weighted by Crippen LogP contribution is -2.31. The van der Waals surface area contributed by atoms with E-state index in [0.717, 1.165) is 12.5 Å². The first-order valence-corrected chi connectivity index (χ1v) is 8.60. The fraction of sp³-hybridized carbons (Fsp3) is 0.737. The summed E-state index contributed by atoms with van der Waals surface area (Å²) in [4.78, 5) is 33.1. The normalized spacial score (nSPS) is 12.2. The molecule has 0 aromatic heterocycles. The van der Waals surface area contributed by atoms with Crippen molar-refractivity contribution in [3.05, 3.63) is 12.7 Å². The van der Waals surface area contributed by atoms with Gasteiger partial charge in [0, 0.05) is 6.08 Å². The summed E-state index contributed by atoms with van der Waals surface area (Å²) in [5.41, 5.74) is -0.883. The van der Waals surface area contributed by atoms with Crippen molar-refractivity contribution in [2.45, 2.75) is 60.5 Å². The summed E-state index contributed by atoms with van der Waals surface area (Å²) in [5, 5.41) is 9.39. The topological polar surface area (TPSA) is 99.1 Å². The number of rotatable bonds is 9. The van der Waals surface area contributed by atoms with Gasteiger partial charge in [-0.05, 0) is 40.5 Å². The van der Waals surface area contributed by atoms with E-state index in [4.69, 9.17) is 4.74 Å². The minimum atomic E-state index is -1.02. The van der Waals surface area contributed by atoms with Crippen molar-refractivity contribution in [1.29, 1.82) is 0 Å². The lowest BCUT2D eigenvalue weighted by Gasteiger charge is -2.21. The highest BCUT2D eigenvalue weighted by Gasteiger charge is 2.27. The summed E-state index contributed by atoms with van der Waals surface area (Å²) in [6.45, 7) is 13.9. The van der Waals surface area contributed by atoms with E-state index in [-0.39, 0.29) is 30.6 Å². The quantitative estimate of drug-likeness (QED) is 0.376. The summed E-state index contributed by atoms with van der Waals surface area (Å²) >= 11 is 0. The number of aliphatic hydroxyl groups excluding tert-OH is 1. The van der Waals surface area contributed by atoms with Gasteiger partial charge in [-0.15, -0.1) is 0 Å². The van der Waals surface area contributed by atoms with Crippen LogP contribution in [0.5, 0.6) is 0 Å². The SMILES string of the molecule is C=CC(=O)OCC(O)COC(=O)C(C)(C)CC.CCC(C)(C)C(=O)OC. The van der Waals surface area contributed by atoms with E-state index in [9.17, 15) is 19.5 Å². The Hall–Kier alpha value is -1.89. The van der Waals surface area contributed by atoms with Crippen LogP contribution in [-0.2, 0) is 28.6 Å².